The molecule has 3 rings (SSSR count). The molecule has 0 aromatic heterocycles. The van der Waals surface area contributed by atoms with Gasteiger partial charge in [0.25, 0.3) is 0 Å². The number of allylic oxidation sites excluding steroid dienone is 3. The Morgan fingerprint density at radius 2 is 0.621 bits per heavy atom. The molecule has 3 heterocycles. The quantitative estimate of drug-likeness (QED) is 0.0199. The highest BCUT2D eigenvalue weighted by Crippen LogP contribution is 2.33. The molecular weight excluding hydrogens is 1310 g/mol. The summed E-state index contributed by atoms with van der Waals surface area (Å²) in [6.07, 6.45) is 53.3. The lowest BCUT2D eigenvalue weighted by Gasteiger charge is -2.48. The maximum atomic E-state index is 13.5. The number of carbonyl (C=O) groups excluding carboxylic acids is 1. The summed E-state index contributed by atoms with van der Waals surface area (Å²) < 4.78 is 34.5. The fraction of sp³-hybridized carbons (Fsp3) is 0.940. The molecule has 0 aromatic carbocycles. The number of unbranched alkanes of at least 4 members (excludes halogenated alkanes) is 52. The van der Waals surface area contributed by atoms with Gasteiger partial charge in [-0.1, -0.05) is 359 Å². The summed E-state index contributed by atoms with van der Waals surface area (Å²) in [4.78, 5) is 13.5. The van der Waals surface area contributed by atoms with Gasteiger partial charge in [-0.2, -0.15) is 0 Å². The second-order valence-electron chi connectivity index (χ2n) is 31.0. The summed E-state index contributed by atoms with van der Waals surface area (Å²) in [5.74, 6) is -0.276. The van der Waals surface area contributed by atoms with Gasteiger partial charge in [-0.15, -0.1) is 0 Å². The van der Waals surface area contributed by atoms with E-state index in [2.05, 4.69) is 31.3 Å². The predicted octanol–water partition coefficient (Wildman–Crippen LogP) is 15.3. The molecule has 608 valence electrons. The molecule has 3 aliphatic rings. The Labute approximate surface area is 626 Å². The van der Waals surface area contributed by atoms with Crippen molar-refractivity contribution in [3.05, 3.63) is 24.3 Å². The standard InChI is InChI=1S/C84H159NO18/c1-3-5-7-9-11-13-15-17-19-21-23-25-27-29-31-32-33-34-35-36-38-40-42-44-46-48-50-52-54-56-58-60-62-72(90)85-67(68(89)61-59-57-55-53-51-49-47-45-43-41-39-37-30-28-26-24-22-20-18-16-14-12-10-8-6-4-2)66-98-82-78(96)75(93)80(70(64-87)100-82)103-84-79(97)76(94)81(71(65-88)101-84)102-83-77(95)74(92)73(91)69(63-86)99-83/h51,53,59,61,67-71,73-84,86-89,91-97H,3-50,52,54-58,60,62-66H2,1-2H3,(H,85,90)/b53-51+,61-59+. The molecule has 3 saturated heterocycles. The number of hydrogen-bond donors (Lipinski definition) is 12. The van der Waals surface area contributed by atoms with Gasteiger partial charge in [0, 0.05) is 6.42 Å². The number of aliphatic hydroxyl groups is 11. The molecule has 0 saturated carbocycles. The monoisotopic (exact) mass is 1470 g/mol. The number of ether oxygens (including phenoxy) is 6. The van der Waals surface area contributed by atoms with Crippen molar-refractivity contribution in [2.45, 2.75) is 478 Å². The van der Waals surface area contributed by atoms with Gasteiger partial charge in [0.1, 0.15) is 73.2 Å². The number of amides is 1. The lowest BCUT2D eigenvalue weighted by molar-refractivity contribution is -0.379. The van der Waals surface area contributed by atoms with Crippen molar-refractivity contribution in [2.24, 2.45) is 0 Å². The minimum Gasteiger partial charge on any atom is -0.394 e. The Balaban J connectivity index is 1.35. The summed E-state index contributed by atoms with van der Waals surface area (Å²) in [6, 6.07) is -0.989. The zero-order valence-corrected chi connectivity index (χ0v) is 65.3. The van der Waals surface area contributed by atoms with Crippen LogP contribution < -0.4 is 5.32 Å². The molecule has 0 aliphatic carbocycles. The highest BCUT2D eigenvalue weighted by Gasteiger charge is 2.54. The minimum absolute atomic E-state index is 0.241. The number of nitrogens with one attached hydrogen (secondary N) is 1. The van der Waals surface area contributed by atoms with E-state index in [9.17, 15) is 61.0 Å². The van der Waals surface area contributed by atoms with Crippen molar-refractivity contribution in [2.75, 3.05) is 26.4 Å². The zero-order chi connectivity index (χ0) is 74.6. The number of carbonyl (C=O) groups is 1. The fourth-order valence-corrected chi connectivity index (χ4v) is 14.9. The first-order valence-corrected chi connectivity index (χ1v) is 43.1. The SMILES string of the molecule is CCCCCCCCCCCCCCCCCCCCCC/C=C/CC/C=C/C(O)C(COC1OC(CO)C(OC2OC(CO)C(OC3OC(CO)C(O)C(O)C3O)C(O)C2O)C(O)C1O)NC(=O)CCCCCCCCCCCCCCCCCCCCCCCCCCCCCCCCCC. The van der Waals surface area contributed by atoms with Crippen molar-refractivity contribution in [3.63, 3.8) is 0 Å². The second kappa shape index (κ2) is 65.0. The van der Waals surface area contributed by atoms with Gasteiger partial charge >= 0.3 is 0 Å². The smallest absolute Gasteiger partial charge is 0.220 e. The molecule has 19 heteroatoms. The Bertz CT molecular complexity index is 1950. The van der Waals surface area contributed by atoms with E-state index in [1.807, 2.05) is 6.08 Å². The van der Waals surface area contributed by atoms with Gasteiger partial charge in [-0.25, -0.2) is 0 Å². The molecular formula is C84H159NO18. The van der Waals surface area contributed by atoms with Crippen LogP contribution in [0.1, 0.15) is 373 Å². The predicted molar refractivity (Wildman–Crippen MR) is 411 cm³/mol. The van der Waals surface area contributed by atoms with Crippen molar-refractivity contribution < 1.29 is 89.4 Å². The zero-order valence-electron chi connectivity index (χ0n) is 65.3. The molecule has 17 unspecified atom stereocenters. The maximum absolute atomic E-state index is 13.5. The third-order valence-electron chi connectivity index (χ3n) is 21.8. The molecule has 0 bridgehead atoms. The van der Waals surface area contributed by atoms with E-state index in [4.69, 9.17) is 28.4 Å². The fourth-order valence-electron chi connectivity index (χ4n) is 14.9. The molecule has 0 aromatic rings. The minimum atomic E-state index is -1.98. The average Bonchev–Trinajstić information content (AvgIpc) is 0.781. The average molecular weight is 1470 g/mol. The first-order valence-electron chi connectivity index (χ1n) is 43.1. The summed E-state index contributed by atoms with van der Waals surface area (Å²) >= 11 is 0. The molecule has 0 spiro atoms. The Morgan fingerprint density at radius 3 is 0.971 bits per heavy atom. The van der Waals surface area contributed by atoms with E-state index in [0.717, 1.165) is 38.5 Å². The van der Waals surface area contributed by atoms with Crippen LogP contribution in [0.4, 0.5) is 0 Å². The van der Waals surface area contributed by atoms with Crippen molar-refractivity contribution >= 4 is 5.91 Å². The van der Waals surface area contributed by atoms with Crippen LogP contribution in [-0.2, 0) is 33.2 Å². The van der Waals surface area contributed by atoms with Crippen molar-refractivity contribution in [1.82, 2.24) is 5.32 Å². The van der Waals surface area contributed by atoms with Crippen molar-refractivity contribution in [3.8, 4) is 0 Å². The molecule has 3 fully saturated rings. The van der Waals surface area contributed by atoms with Crippen LogP contribution in [0.5, 0.6) is 0 Å². The van der Waals surface area contributed by atoms with Gasteiger partial charge in [0.15, 0.2) is 18.9 Å². The highest BCUT2D eigenvalue weighted by molar-refractivity contribution is 5.76. The van der Waals surface area contributed by atoms with E-state index >= 15 is 0 Å². The summed E-state index contributed by atoms with van der Waals surface area (Å²) in [5, 5.41) is 121. The topological polar surface area (TPSA) is 307 Å². The number of aliphatic hydroxyl groups excluding tert-OH is 11. The number of hydrogen-bond acceptors (Lipinski definition) is 18. The van der Waals surface area contributed by atoms with Crippen LogP contribution in [0.25, 0.3) is 0 Å². The third kappa shape index (κ3) is 44.6. The lowest BCUT2D eigenvalue weighted by Crippen LogP contribution is -2.66. The van der Waals surface area contributed by atoms with E-state index in [-0.39, 0.29) is 18.9 Å². The van der Waals surface area contributed by atoms with Gasteiger partial charge in [0.2, 0.25) is 5.91 Å². The first kappa shape index (κ1) is 95.5. The summed E-state index contributed by atoms with van der Waals surface area (Å²) in [5.41, 5.74) is 0. The van der Waals surface area contributed by atoms with Crippen LogP contribution in [0, 0.1) is 0 Å². The molecule has 3 aliphatic heterocycles. The molecule has 103 heavy (non-hydrogen) atoms. The van der Waals surface area contributed by atoms with Gasteiger partial charge in [0.05, 0.1) is 38.6 Å². The maximum Gasteiger partial charge on any atom is 0.220 e. The van der Waals surface area contributed by atoms with Crippen LogP contribution in [0.3, 0.4) is 0 Å². The van der Waals surface area contributed by atoms with Crippen LogP contribution in [0.15, 0.2) is 24.3 Å². The third-order valence-corrected chi connectivity index (χ3v) is 21.8. The first-order chi connectivity index (χ1) is 50.3. The van der Waals surface area contributed by atoms with E-state index in [1.165, 1.54) is 302 Å². The van der Waals surface area contributed by atoms with Gasteiger partial charge in [-0.05, 0) is 32.1 Å². The second-order valence-corrected chi connectivity index (χ2v) is 31.0. The van der Waals surface area contributed by atoms with Crippen LogP contribution >= 0.6 is 0 Å². The lowest BCUT2D eigenvalue weighted by atomic mass is 9.96. The normalized spacial score (nSPS) is 26.1. The summed E-state index contributed by atoms with van der Waals surface area (Å²) in [6.45, 7) is 1.79. The molecule has 1 amide bonds. The Hall–Kier alpha value is -1.73. The Kier molecular flexibility index (Phi) is 60.3. The molecule has 12 N–H and O–H groups in total. The van der Waals surface area contributed by atoms with E-state index in [1.54, 1.807) is 6.08 Å². The van der Waals surface area contributed by atoms with Crippen LogP contribution in [0.2, 0.25) is 0 Å². The Morgan fingerprint density at radius 1 is 0.340 bits per heavy atom. The molecule has 0 radical (unpaired) electrons. The van der Waals surface area contributed by atoms with Crippen LogP contribution in [-0.4, -0.2) is 193 Å². The van der Waals surface area contributed by atoms with Crippen molar-refractivity contribution in [1.29, 1.82) is 0 Å². The summed E-state index contributed by atoms with van der Waals surface area (Å²) in [7, 11) is 0. The van der Waals surface area contributed by atoms with E-state index in [0.29, 0.717) is 12.8 Å². The van der Waals surface area contributed by atoms with Gasteiger partial charge < -0.3 is 89.9 Å². The largest absolute Gasteiger partial charge is 0.394 e. The highest BCUT2D eigenvalue weighted by atomic mass is 16.8. The van der Waals surface area contributed by atoms with E-state index < -0.39 is 124 Å². The molecule has 19 nitrogen and oxygen atoms in total. The van der Waals surface area contributed by atoms with Gasteiger partial charge in [-0.3, -0.25) is 4.79 Å². The number of rotatable bonds is 70. The molecule has 17 atom stereocenters.